The van der Waals surface area contributed by atoms with Gasteiger partial charge in [0.25, 0.3) is 0 Å². The van der Waals surface area contributed by atoms with E-state index in [-0.39, 0.29) is 42.3 Å². The van der Waals surface area contributed by atoms with Crippen LogP contribution in [0.5, 0.6) is 0 Å². The Hall–Kier alpha value is -2.61. The van der Waals surface area contributed by atoms with Crippen molar-refractivity contribution in [3.8, 4) is 0 Å². The van der Waals surface area contributed by atoms with E-state index in [9.17, 15) is 14.4 Å². The molecule has 2 aromatic rings. The van der Waals surface area contributed by atoms with E-state index in [1.54, 1.807) is 29.3 Å². The Morgan fingerprint density at radius 2 is 1.94 bits per heavy atom. The molecule has 6 nitrogen and oxygen atoms in total. The van der Waals surface area contributed by atoms with Crippen LogP contribution >= 0.6 is 11.3 Å². The highest BCUT2D eigenvalue weighted by atomic mass is 32.1. The molecule has 1 aromatic carbocycles. The SMILES string of the molecule is O=C1C[C@@](CC(=O)N2CCC[C@H]2c2nccs2)(c2ccccc2F)C(=O)N1C1CCCC1. The maximum Gasteiger partial charge on any atom is 0.241 e. The summed E-state index contributed by atoms with van der Waals surface area (Å²) in [6.45, 7) is 0.574. The Balaban J connectivity index is 1.50. The van der Waals surface area contributed by atoms with Gasteiger partial charge in [-0.1, -0.05) is 31.0 Å². The topological polar surface area (TPSA) is 70.6 Å². The Kier molecular flexibility index (Phi) is 5.57. The number of hydrogen-bond acceptors (Lipinski definition) is 5. The van der Waals surface area contributed by atoms with Crippen LogP contribution in [0.4, 0.5) is 4.39 Å². The van der Waals surface area contributed by atoms with E-state index in [0.717, 1.165) is 43.5 Å². The third-order valence-corrected chi connectivity index (χ3v) is 8.07. The highest BCUT2D eigenvalue weighted by Gasteiger charge is 2.57. The van der Waals surface area contributed by atoms with Crippen LogP contribution in [0.3, 0.4) is 0 Å². The zero-order valence-electron chi connectivity index (χ0n) is 17.8. The number of carbonyl (C=O) groups is 3. The monoisotopic (exact) mass is 455 g/mol. The van der Waals surface area contributed by atoms with Crippen LogP contribution in [0, 0.1) is 5.82 Å². The smallest absolute Gasteiger partial charge is 0.241 e. The van der Waals surface area contributed by atoms with Gasteiger partial charge in [-0.25, -0.2) is 9.37 Å². The Morgan fingerprint density at radius 3 is 2.66 bits per heavy atom. The van der Waals surface area contributed by atoms with Crippen molar-refractivity contribution in [2.24, 2.45) is 0 Å². The van der Waals surface area contributed by atoms with Crippen LogP contribution in [0.2, 0.25) is 0 Å². The number of nitrogens with zero attached hydrogens (tertiary/aromatic N) is 3. The Labute approximate surface area is 190 Å². The fourth-order valence-corrected chi connectivity index (χ4v) is 6.45. The summed E-state index contributed by atoms with van der Waals surface area (Å²) in [4.78, 5) is 47.9. The number of imide groups is 1. The lowest BCUT2D eigenvalue weighted by atomic mass is 9.75. The molecule has 2 aliphatic heterocycles. The third-order valence-electron chi connectivity index (χ3n) is 7.19. The number of halogens is 1. The molecule has 1 aliphatic carbocycles. The van der Waals surface area contributed by atoms with Crippen molar-refractivity contribution < 1.29 is 18.8 Å². The molecule has 2 saturated heterocycles. The van der Waals surface area contributed by atoms with Crippen LogP contribution in [-0.2, 0) is 19.8 Å². The lowest BCUT2D eigenvalue weighted by molar-refractivity contribution is -0.145. The van der Waals surface area contributed by atoms with Crippen LogP contribution in [0.15, 0.2) is 35.8 Å². The summed E-state index contributed by atoms with van der Waals surface area (Å²) < 4.78 is 15.0. The van der Waals surface area contributed by atoms with Crippen molar-refractivity contribution in [1.29, 1.82) is 0 Å². The van der Waals surface area contributed by atoms with E-state index >= 15 is 4.39 Å². The summed E-state index contributed by atoms with van der Waals surface area (Å²) in [5, 5.41) is 2.76. The summed E-state index contributed by atoms with van der Waals surface area (Å²) >= 11 is 1.51. The molecule has 3 heterocycles. The Morgan fingerprint density at radius 1 is 1.16 bits per heavy atom. The molecule has 3 fully saturated rings. The van der Waals surface area contributed by atoms with Crippen LogP contribution < -0.4 is 0 Å². The van der Waals surface area contributed by atoms with Gasteiger partial charge in [0.05, 0.1) is 11.5 Å². The van der Waals surface area contributed by atoms with Crippen molar-refractivity contribution in [3.05, 3.63) is 52.2 Å². The molecule has 0 bridgehead atoms. The summed E-state index contributed by atoms with van der Waals surface area (Å²) in [5.74, 6) is -1.48. The highest BCUT2D eigenvalue weighted by Crippen LogP contribution is 2.45. The lowest BCUT2D eigenvalue weighted by Crippen LogP contribution is -2.46. The van der Waals surface area contributed by atoms with E-state index in [4.69, 9.17) is 0 Å². The molecule has 1 saturated carbocycles. The molecule has 5 rings (SSSR count). The van der Waals surface area contributed by atoms with Crippen molar-refractivity contribution in [1.82, 2.24) is 14.8 Å². The van der Waals surface area contributed by atoms with Crippen molar-refractivity contribution in [3.63, 3.8) is 0 Å². The fraction of sp³-hybridized carbons (Fsp3) is 0.500. The first kappa shape index (κ1) is 21.2. The lowest BCUT2D eigenvalue weighted by Gasteiger charge is -2.32. The maximum atomic E-state index is 15.0. The van der Waals surface area contributed by atoms with Gasteiger partial charge in [-0.2, -0.15) is 0 Å². The second-order valence-corrected chi connectivity index (χ2v) is 9.96. The average Bonchev–Trinajstić information content (AvgIpc) is 3.57. The fourth-order valence-electron chi connectivity index (χ4n) is 5.67. The van der Waals surface area contributed by atoms with Gasteiger partial charge in [0.2, 0.25) is 17.7 Å². The Bertz CT molecular complexity index is 1040. The number of rotatable bonds is 5. The molecule has 0 unspecified atom stereocenters. The first-order valence-corrected chi connectivity index (χ1v) is 12.2. The molecule has 0 N–H and O–H groups in total. The standard InChI is InChI=1S/C24H26FN3O3S/c25-18-9-4-3-8-17(18)24(15-21(30)28(23(24)31)16-6-1-2-7-16)14-20(29)27-12-5-10-19(27)22-26-11-13-32-22/h3-4,8-9,11,13,16,19H,1-2,5-7,10,12,14-15H2/t19-,24-/m0/s1. The van der Waals surface area contributed by atoms with Gasteiger partial charge in [-0.15, -0.1) is 11.3 Å². The molecular formula is C24H26FN3O3S. The molecule has 0 radical (unpaired) electrons. The maximum absolute atomic E-state index is 15.0. The normalized spacial score (nSPS) is 26.5. The number of thiazole rings is 1. The molecular weight excluding hydrogens is 429 g/mol. The number of hydrogen-bond donors (Lipinski definition) is 0. The van der Waals surface area contributed by atoms with Crippen molar-refractivity contribution in [2.75, 3.05) is 6.54 Å². The predicted molar refractivity (Wildman–Crippen MR) is 117 cm³/mol. The largest absolute Gasteiger partial charge is 0.333 e. The van der Waals surface area contributed by atoms with Crippen molar-refractivity contribution in [2.45, 2.75) is 68.9 Å². The van der Waals surface area contributed by atoms with Gasteiger partial charge < -0.3 is 4.90 Å². The average molecular weight is 456 g/mol. The van der Waals surface area contributed by atoms with Gasteiger partial charge in [-0.05, 0) is 31.7 Å². The zero-order chi connectivity index (χ0) is 22.3. The molecule has 3 aliphatic rings. The second kappa shape index (κ2) is 8.39. The summed E-state index contributed by atoms with van der Waals surface area (Å²) in [5.41, 5.74) is -1.34. The van der Waals surface area contributed by atoms with E-state index in [1.165, 1.54) is 22.3 Å². The zero-order valence-corrected chi connectivity index (χ0v) is 18.7. The van der Waals surface area contributed by atoms with E-state index in [0.29, 0.717) is 6.54 Å². The number of carbonyl (C=O) groups excluding carboxylic acids is 3. The van der Waals surface area contributed by atoms with E-state index in [1.807, 2.05) is 5.38 Å². The summed E-state index contributed by atoms with van der Waals surface area (Å²) in [6.07, 6.45) is 6.51. The molecule has 3 amide bonds. The van der Waals surface area contributed by atoms with Gasteiger partial charge >= 0.3 is 0 Å². The van der Waals surface area contributed by atoms with E-state index in [2.05, 4.69) is 4.98 Å². The van der Waals surface area contributed by atoms with Crippen LogP contribution in [0.1, 0.15) is 68.0 Å². The summed E-state index contributed by atoms with van der Waals surface area (Å²) in [6, 6.07) is 5.80. The minimum Gasteiger partial charge on any atom is -0.333 e. The number of benzene rings is 1. The van der Waals surface area contributed by atoms with Crippen LogP contribution in [-0.4, -0.2) is 45.1 Å². The number of aromatic nitrogens is 1. The predicted octanol–water partition coefficient (Wildman–Crippen LogP) is 3.98. The quantitative estimate of drug-likeness (QED) is 0.640. The molecule has 0 spiro atoms. The summed E-state index contributed by atoms with van der Waals surface area (Å²) in [7, 11) is 0. The minimum absolute atomic E-state index is 0.127. The minimum atomic E-state index is -1.49. The van der Waals surface area contributed by atoms with Gasteiger partial charge in [0.1, 0.15) is 10.8 Å². The van der Waals surface area contributed by atoms with Crippen molar-refractivity contribution >= 4 is 29.1 Å². The molecule has 1 aromatic heterocycles. The van der Waals surface area contributed by atoms with Gasteiger partial charge in [0.15, 0.2) is 0 Å². The molecule has 8 heteroatoms. The van der Waals surface area contributed by atoms with Gasteiger partial charge in [0, 0.05) is 42.6 Å². The first-order chi connectivity index (χ1) is 15.5. The number of amides is 3. The second-order valence-electron chi connectivity index (χ2n) is 9.04. The van der Waals surface area contributed by atoms with Gasteiger partial charge in [-0.3, -0.25) is 19.3 Å². The van der Waals surface area contributed by atoms with Crippen LogP contribution in [0.25, 0.3) is 0 Å². The van der Waals surface area contributed by atoms with E-state index < -0.39 is 17.1 Å². The first-order valence-electron chi connectivity index (χ1n) is 11.3. The highest BCUT2D eigenvalue weighted by molar-refractivity contribution is 7.09. The molecule has 32 heavy (non-hydrogen) atoms. The number of likely N-dealkylation sites (tertiary alicyclic amines) is 2. The molecule has 168 valence electrons. The molecule has 2 atom stereocenters. The third kappa shape index (κ3) is 3.45.